The molecule has 0 bridgehead atoms. The van der Waals surface area contributed by atoms with Crippen LogP contribution in [0.1, 0.15) is 33.8 Å². The van der Waals surface area contributed by atoms with Gasteiger partial charge in [-0.05, 0) is 50.1 Å². The molecule has 2 heteroatoms. The minimum Gasteiger partial charge on any atom is -0.312 e. The van der Waals surface area contributed by atoms with E-state index in [1.54, 1.807) is 0 Å². The van der Waals surface area contributed by atoms with Crippen molar-refractivity contribution < 1.29 is 0 Å². The van der Waals surface area contributed by atoms with Crippen LogP contribution in [0.3, 0.4) is 0 Å². The average molecular weight is 259 g/mol. The number of likely N-dealkylation sites (N-methyl/N-ethyl adjacent to an activating group) is 1. The van der Waals surface area contributed by atoms with Crippen molar-refractivity contribution in [2.75, 3.05) is 7.05 Å². The fourth-order valence-electron chi connectivity index (χ4n) is 2.18. The zero-order chi connectivity index (χ0) is 13.0. The highest BCUT2D eigenvalue weighted by Gasteiger charge is 2.13. The molecule has 1 atom stereocenters. The molecule has 0 spiro atoms. The number of hydrogen-bond acceptors (Lipinski definition) is 2. The molecule has 1 N–H and O–H groups in total. The highest BCUT2D eigenvalue weighted by atomic mass is 32.1. The first kappa shape index (κ1) is 13.3. The molecule has 0 amide bonds. The van der Waals surface area contributed by atoms with Crippen molar-refractivity contribution in [2.45, 2.75) is 32.7 Å². The maximum atomic E-state index is 3.44. The zero-order valence-electron chi connectivity index (χ0n) is 11.4. The van der Waals surface area contributed by atoms with Crippen molar-refractivity contribution in [3.05, 3.63) is 57.3 Å². The fraction of sp³-hybridized carbons (Fsp3) is 0.375. The van der Waals surface area contributed by atoms with E-state index in [9.17, 15) is 0 Å². The summed E-state index contributed by atoms with van der Waals surface area (Å²) in [6.45, 7) is 4.40. The number of thiophene rings is 1. The summed E-state index contributed by atoms with van der Waals surface area (Å²) in [4.78, 5) is 2.91. The van der Waals surface area contributed by atoms with Crippen molar-refractivity contribution in [1.29, 1.82) is 0 Å². The molecule has 96 valence electrons. The van der Waals surface area contributed by atoms with E-state index in [2.05, 4.69) is 55.6 Å². The molecule has 0 aliphatic heterocycles. The minimum atomic E-state index is 0.427. The van der Waals surface area contributed by atoms with Crippen LogP contribution in [0.2, 0.25) is 0 Å². The lowest BCUT2D eigenvalue weighted by Crippen LogP contribution is -2.18. The Kier molecular flexibility index (Phi) is 4.56. The second kappa shape index (κ2) is 6.17. The van der Waals surface area contributed by atoms with Crippen LogP contribution in [-0.4, -0.2) is 7.05 Å². The molecule has 1 aromatic heterocycles. The Balaban J connectivity index is 2.17. The third-order valence-electron chi connectivity index (χ3n) is 3.41. The predicted molar refractivity (Wildman–Crippen MR) is 80.4 cm³/mol. The van der Waals surface area contributed by atoms with E-state index in [1.807, 2.05) is 18.4 Å². The van der Waals surface area contributed by atoms with Gasteiger partial charge in [0.2, 0.25) is 0 Å². The zero-order valence-corrected chi connectivity index (χ0v) is 12.2. The number of aryl methyl sites for hydroxylation is 2. The molecule has 1 unspecified atom stereocenters. The van der Waals surface area contributed by atoms with Crippen LogP contribution in [-0.2, 0) is 12.8 Å². The van der Waals surface area contributed by atoms with Gasteiger partial charge in [-0.15, -0.1) is 11.3 Å². The Labute approximate surface area is 114 Å². The van der Waals surface area contributed by atoms with Gasteiger partial charge in [-0.2, -0.15) is 0 Å². The van der Waals surface area contributed by atoms with Gasteiger partial charge >= 0.3 is 0 Å². The number of rotatable bonds is 5. The molecule has 0 aliphatic carbocycles. The Hall–Kier alpha value is -1.12. The lowest BCUT2D eigenvalue weighted by molar-refractivity contribution is 0.600. The molecule has 1 aromatic carbocycles. The predicted octanol–water partition coefficient (Wildman–Crippen LogP) is 4.12. The molecule has 0 radical (unpaired) electrons. The smallest absolute Gasteiger partial charge is 0.0453 e. The Morgan fingerprint density at radius 2 is 1.94 bits per heavy atom. The second-order valence-electron chi connectivity index (χ2n) is 4.63. The quantitative estimate of drug-likeness (QED) is 0.851. The third-order valence-corrected chi connectivity index (χ3v) is 4.75. The molecular formula is C16H21NS. The van der Waals surface area contributed by atoms with Crippen LogP contribution in [0.15, 0.2) is 36.4 Å². The highest BCUT2D eigenvalue weighted by molar-refractivity contribution is 7.12. The van der Waals surface area contributed by atoms with E-state index in [1.165, 1.54) is 20.9 Å². The topological polar surface area (TPSA) is 12.0 Å². The third kappa shape index (κ3) is 3.01. The summed E-state index contributed by atoms with van der Waals surface area (Å²) in [5, 5.41) is 3.44. The number of benzene rings is 1. The Bertz CT molecular complexity index is 501. The Morgan fingerprint density at radius 1 is 1.17 bits per heavy atom. The molecule has 0 saturated heterocycles. The molecular weight excluding hydrogens is 238 g/mol. The van der Waals surface area contributed by atoms with Gasteiger partial charge in [0.05, 0.1) is 0 Å². The van der Waals surface area contributed by atoms with Gasteiger partial charge in [0, 0.05) is 15.8 Å². The van der Waals surface area contributed by atoms with Gasteiger partial charge in [-0.25, -0.2) is 0 Å². The summed E-state index contributed by atoms with van der Waals surface area (Å²) < 4.78 is 0. The summed E-state index contributed by atoms with van der Waals surface area (Å²) in [6, 6.07) is 13.6. The van der Waals surface area contributed by atoms with Gasteiger partial charge in [-0.1, -0.05) is 31.2 Å². The molecule has 2 aromatic rings. The molecule has 0 aliphatic rings. The van der Waals surface area contributed by atoms with Crippen molar-refractivity contribution in [2.24, 2.45) is 0 Å². The van der Waals surface area contributed by atoms with Crippen LogP contribution >= 0.6 is 11.3 Å². The first-order valence-corrected chi connectivity index (χ1v) is 7.36. The van der Waals surface area contributed by atoms with Gasteiger partial charge < -0.3 is 5.32 Å². The SMILES string of the molecule is CCc1ccc(C(Cc2ccccc2C)NC)s1. The monoisotopic (exact) mass is 259 g/mol. The van der Waals surface area contributed by atoms with Crippen LogP contribution in [0.25, 0.3) is 0 Å². The van der Waals surface area contributed by atoms with Crippen molar-refractivity contribution in [1.82, 2.24) is 5.32 Å². The summed E-state index contributed by atoms with van der Waals surface area (Å²) >= 11 is 1.93. The second-order valence-corrected chi connectivity index (χ2v) is 5.83. The maximum Gasteiger partial charge on any atom is 0.0453 e. The van der Waals surface area contributed by atoms with E-state index in [0.29, 0.717) is 6.04 Å². The van der Waals surface area contributed by atoms with E-state index in [-0.39, 0.29) is 0 Å². The van der Waals surface area contributed by atoms with Gasteiger partial charge in [0.1, 0.15) is 0 Å². The first-order chi connectivity index (χ1) is 8.74. The molecule has 18 heavy (non-hydrogen) atoms. The van der Waals surface area contributed by atoms with E-state index in [4.69, 9.17) is 0 Å². The summed E-state index contributed by atoms with van der Waals surface area (Å²) in [5.41, 5.74) is 2.81. The van der Waals surface area contributed by atoms with E-state index >= 15 is 0 Å². The lowest BCUT2D eigenvalue weighted by Gasteiger charge is -2.16. The molecule has 1 heterocycles. The molecule has 0 fully saturated rings. The summed E-state index contributed by atoms with van der Waals surface area (Å²) in [5.74, 6) is 0. The van der Waals surface area contributed by atoms with Crippen molar-refractivity contribution in [3.63, 3.8) is 0 Å². The number of nitrogens with one attached hydrogen (secondary N) is 1. The minimum absolute atomic E-state index is 0.427. The molecule has 0 saturated carbocycles. The lowest BCUT2D eigenvalue weighted by atomic mass is 10.0. The van der Waals surface area contributed by atoms with Crippen LogP contribution in [0, 0.1) is 6.92 Å². The summed E-state index contributed by atoms with van der Waals surface area (Å²) in [6.07, 6.45) is 2.19. The normalized spacial score (nSPS) is 12.6. The van der Waals surface area contributed by atoms with Crippen LogP contribution < -0.4 is 5.32 Å². The first-order valence-electron chi connectivity index (χ1n) is 6.55. The van der Waals surface area contributed by atoms with E-state index in [0.717, 1.165) is 12.8 Å². The fourth-order valence-corrected chi connectivity index (χ4v) is 3.24. The van der Waals surface area contributed by atoms with Crippen molar-refractivity contribution >= 4 is 11.3 Å². The average Bonchev–Trinajstić information content (AvgIpc) is 2.86. The Morgan fingerprint density at radius 3 is 2.56 bits per heavy atom. The van der Waals surface area contributed by atoms with Gasteiger partial charge in [-0.3, -0.25) is 0 Å². The highest BCUT2D eigenvalue weighted by Crippen LogP contribution is 2.27. The number of hydrogen-bond donors (Lipinski definition) is 1. The van der Waals surface area contributed by atoms with Gasteiger partial charge in [0.15, 0.2) is 0 Å². The molecule has 1 nitrogen and oxygen atoms in total. The van der Waals surface area contributed by atoms with Crippen LogP contribution in [0.5, 0.6) is 0 Å². The van der Waals surface area contributed by atoms with E-state index < -0.39 is 0 Å². The largest absolute Gasteiger partial charge is 0.312 e. The standard InChI is InChI=1S/C16H21NS/c1-4-14-9-10-16(18-14)15(17-3)11-13-8-6-5-7-12(13)2/h5-10,15,17H,4,11H2,1-3H3. The van der Waals surface area contributed by atoms with Gasteiger partial charge in [0.25, 0.3) is 0 Å². The van der Waals surface area contributed by atoms with Crippen molar-refractivity contribution in [3.8, 4) is 0 Å². The van der Waals surface area contributed by atoms with Crippen LogP contribution in [0.4, 0.5) is 0 Å². The summed E-state index contributed by atoms with van der Waals surface area (Å²) in [7, 11) is 2.05. The molecule has 2 rings (SSSR count). The maximum absolute atomic E-state index is 3.44.